The summed E-state index contributed by atoms with van der Waals surface area (Å²) in [5, 5.41) is 13.1. The maximum atomic E-state index is 11.2. The van der Waals surface area contributed by atoms with Crippen LogP contribution < -0.4 is 16.4 Å². The third-order valence-electron chi connectivity index (χ3n) is 15.2. The number of amides is 2. The lowest BCUT2D eigenvalue weighted by Gasteiger charge is -2.33. The van der Waals surface area contributed by atoms with Gasteiger partial charge in [-0.3, -0.25) is 49.2 Å². The standard InChI is InChI=1S/C18H24N4.C15H16N2O.C14H15N3O.C14H14N2O2.C12H15N3/c1-14(2)15-6-7-19-17(12-15)16-4-5-18(20-13-16)22-10-8-21(3)9-11-22;1-10(2)11-6-7-17-14(9-11)12-4-3-5-13(8-12)15(16)18;1-9(2)10-3-4-17-13(6-10)11-5-12(14(15)18)8-16-7-11;1-9(2)10-3-4-16-13(6-10)11-5-12(14(17)18)8-15-7-11;1-9(2)10-4-5-13-12(6-10)11-7-14-15(3)8-11/h4-7,12-14H,8-11H2,1-3H3;3-10H,1-2H3,(H2,16,18);3-9H,1-2H3,(H2,15,18);3-9H,1-2H3,(H,17,18);4-9H,1-3H3. The van der Waals surface area contributed by atoms with E-state index in [9.17, 15) is 14.4 Å². The Balaban J connectivity index is 0.000000162. The molecule has 0 radical (unpaired) electrons. The third kappa shape index (κ3) is 20.2. The minimum atomic E-state index is -0.982. The number of carboxylic acid groups (broad SMARTS) is 1. The first kappa shape index (κ1) is 68.3. The molecular formula is C73H84N14O4. The second-order valence-corrected chi connectivity index (χ2v) is 23.8. The number of nitrogens with two attached hydrogens (primary N) is 2. The number of benzene rings is 1. The number of aromatic nitrogens is 10. The van der Waals surface area contributed by atoms with Crippen LogP contribution in [-0.2, 0) is 7.05 Å². The van der Waals surface area contributed by atoms with Crippen molar-refractivity contribution in [3.05, 3.63) is 228 Å². The van der Waals surface area contributed by atoms with Gasteiger partial charge in [-0.15, -0.1) is 0 Å². The minimum Gasteiger partial charge on any atom is -0.478 e. The second-order valence-electron chi connectivity index (χ2n) is 23.8. The van der Waals surface area contributed by atoms with Gasteiger partial charge in [0, 0.05) is 135 Å². The Morgan fingerprint density at radius 2 is 0.802 bits per heavy atom. The molecule has 2 amide bonds. The maximum absolute atomic E-state index is 11.2. The van der Waals surface area contributed by atoms with Crippen LogP contribution in [-0.4, -0.2) is 111 Å². The lowest BCUT2D eigenvalue weighted by atomic mass is 10.0. The number of carbonyl (C=O) groups excluding carboxylic acids is 2. The molecule has 9 aromatic heterocycles. The smallest absolute Gasteiger partial charge is 0.337 e. The molecular weight excluding hydrogens is 1140 g/mol. The lowest BCUT2D eigenvalue weighted by molar-refractivity contribution is 0.0695. The highest BCUT2D eigenvalue weighted by atomic mass is 16.4. The maximum Gasteiger partial charge on any atom is 0.337 e. The molecule has 1 aromatic carbocycles. The number of rotatable bonds is 14. The van der Waals surface area contributed by atoms with Crippen molar-refractivity contribution in [2.75, 3.05) is 38.1 Å². The van der Waals surface area contributed by atoms with Crippen LogP contribution in [0.5, 0.6) is 0 Å². The Bertz CT molecular complexity index is 3750. The fourth-order valence-electron chi connectivity index (χ4n) is 9.38. The van der Waals surface area contributed by atoms with E-state index in [0.29, 0.717) is 40.7 Å². The molecule has 91 heavy (non-hydrogen) atoms. The average Bonchev–Trinajstić information content (AvgIpc) is 3.36. The highest BCUT2D eigenvalue weighted by Gasteiger charge is 2.17. The highest BCUT2D eigenvalue weighted by molar-refractivity contribution is 5.94. The zero-order valence-electron chi connectivity index (χ0n) is 54.2. The van der Waals surface area contributed by atoms with E-state index in [-0.39, 0.29) is 5.56 Å². The van der Waals surface area contributed by atoms with Gasteiger partial charge in [0.15, 0.2) is 0 Å². The molecule has 1 saturated heterocycles. The van der Waals surface area contributed by atoms with Crippen molar-refractivity contribution in [1.29, 1.82) is 0 Å². The zero-order chi connectivity index (χ0) is 65.7. The van der Waals surface area contributed by atoms with Gasteiger partial charge in [-0.2, -0.15) is 5.10 Å². The van der Waals surface area contributed by atoms with E-state index in [1.165, 1.54) is 40.2 Å². The van der Waals surface area contributed by atoms with Crippen LogP contribution in [0.4, 0.5) is 5.82 Å². The average molecular weight is 1220 g/mol. The van der Waals surface area contributed by atoms with E-state index in [2.05, 4.69) is 167 Å². The summed E-state index contributed by atoms with van der Waals surface area (Å²) < 4.78 is 1.79. The van der Waals surface area contributed by atoms with Gasteiger partial charge in [0.25, 0.3) is 0 Å². The molecule has 0 bridgehead atoms. The van der Waals surface area contributed by atoms with Crippen molar-refractivity contribution in [2.24, 2.45) is 18.5 Å². The number of hydrogen-bond donors (Lipinski definition) is 3. The number of anilines is 1. The molecule has 18 nitrogen and oxygen atoms in total. The van der Waals surface area contributed by atoms with Crippen LogP contribution in [0.3, 0.4) is 0 Å². The van der Waals surface area contributed by atoms with E-state index < -0.39 is 17.8 Å². The fourth-order valence-corrected chi connectivity index (χ4v) is 9.38. The van der Waals surface area contributed by atoms with Crippen molar-refractivity contribution in [2.45, 2.75) is 98.8 Å². The molecule has 1 aliphatic rings. The van der Waals surface area contributed by atoms with Gasteiger partial charge >= 0.3 is 5.97 Å². The quantitative estimate of drug-likeness (QED) is 0.0915. The predicted octanol–water partition coefficient (Wildman–Crippen LogP) is 13.9. The summed E-state index contributed by atoms with van der Waals surface area (Å²) >= 11 is 0. The van der Waals surface area contributed by atoms with Gasteiger partial charge in [-0.05, 0) is 162 Å². The number of aromatic carboxylic acids is 1. The number of primary amides is 2. The van der Waals surface area contributed by atoms with Crippen LogP contribution in [0.2, 0.25) is 0 Å². The SMILES string of the molecule is CC(C)c1ccnc(-c2ccc(N3CCN(C)CC3)nc2)c1.CC(C)c1ccnc(-c2cccc(C(N)=O)c2)c1.CC(C)c1ccnc(-c2cncc(C(=O)O)c2)c1.CC(C)c1ccnc(-c2cncc(C(N)=O)c2)c1.CC(C)c1ccnc(-c2cnn(C)c2)c1. The summed E-state index contributed by atoms with van der Waals surface area (Å²) in [7, 11) is 4.08. The van der Waals surface area contributed by atoms with Crippen molar-refractivity contribution in [3.63, 3.8) is 0 Å². The van der Waals surface area contributed by atoms with Crippen molar-refractivity contribution in [3.8, 4) is 56.3 Å². The monoisotopic (exact) mass is 1220 g/mol. The van der Waals surface area contributed by atoms with Gasteiger partial charge < -0.3 is 26.4 Å². The Labute approximate surface area is 535 Å². The first-order valence-corrected chi connectivity index (χ1v) is 30.6. The van der Waals surface area contributed by atoms with Crippen molar-refractivity contribution in [1.82, 2.24) is 54.6 Å². The van der Waals surface area contributed by atoms with Gasteiger partial charge in [0.05, 0.1) is 45.8 Å². The molecule has 470 valence electrons. The minimum absolute atomic E-state index is 0.171. The number of carboxylic acids is 1. The largest absolute Gasteiger partial charge is 0.478 e. The predicted molar refractivity (Wildman–Crippen MR) is 363 cm³/mol. The van der Waals surface area contributed by atoms with Gasteiger partial charge in [0.2, 0.25) is 11.8 Å². The van der Waals surface area contributed by atoms with E-state index in [1.54, 1.807) is 59.9 Å². The first-order chi connectivity index (χ1) is 43.5. The summed E-state index contributed by atoms with van der Waals surface area (Å²) in [5.74, 6) is 1.51. The van der Waals surface area contributed by atoms with Crippen LogP contribution in [0, 0.1) is 0 Å². The number of hydrogen-bond acceptors (Lipinski definition) is 14. The van der Waals surface area contributed by atoms with Crippen molar-refractivity contribution >= 4 is 23.6 Å². The summed E-state index contributed by atoms with van der Waals surface area (Å²) in [6.07, 6.45) is 20.9. The molecule has 10 heterocycles. The second kappa shape index (κ2) is 32.9. The van der Waals surface area contributed by atoms with E-state index in [4.69, 9.17) is 16.6 Å². The molecule has 1 fully saturated rings. The molecule has 0 aliphatic carbocycles. The number of aryl methyl sites for hydroxylation is 1. The number of carbonyl (C=O) groups is 3. The molecule has 5 N–H and O–H groups in total. The van der Waals surface area contributed by atoms with Crippen LogP contribution >= 0.6 is 0 Å². The number of nitrogens with zero attached hydrogens (tertiary/aromatic N) is 12. The number of piperazine rings is 1. The van der Waals surface area contributed by atoms with Gasteiger partial charge in [0.1, 0.15) is 5.82 Å². The highest BCUT2D eigenvalue weighted by Crippen LogP contribution is 2.28. The molecule has 0 atom stereocenters. The van der Waals surface area contributed by atoms with Gasteiger partial charge in [-0.1, -0.05) is 81.4 Å². The Morgan fingerprint density at radius 1 is 0.407 bits per heavy atom. The topological polar surface area (TPSA) is 251 Å². The van der Waals surface area contributed by atoms with E-state index >= 15 is 0 Å². The van der Waals surface area contributed by atoms with Crippen LogP contribution in [0.1, 0.15) is 158 Å². The third-order valence-corrected chi connectivity index (χ3v) is 15.2. The first-order valence-electron chi connectivity index (χ1n) is 30.6. The normalized spacial score (nSPS) is 12.0. The molecule has 1 aliphatic heterocycles. The van der Waals surface area contributed by atoms with Crippen LogP contribution in [0.25, 0.3) is 56.3 Å². The van der Waals surface area contributed by atoms with Crippen LogP contribution in [0.15, 0.2) is 184 Å². The number of pyridine rings is 8. The molecule has 0 unspecified atom stereocenters. The van der Waals surface area contributed by atoms with E-state index in [0.717, 1.165) is 88.3 Å². The Kier molecular flexibility index (Phi) is 24.7. The molecule has 0 spiro atoms. The van der Waals surface area contributed by atoms with Crippen molar-refractivity contribution < 1.29 is 19.5 Å². The molecule has 11 rings (SSSR count). The Hall–Kier alpha value is -10.2. The number of likely N-dealkylation sites (N-methyl/N-ethyl adjacent to an activating group) is 1. The lowest BCUT2D eigenvalue weighted by Crippen LogP contribution is -2.44. The zero-order valence-corrected chi connectivity index (χ0v) is 54.2. The summed E-state index contributed by atoms with van der Waals surface area (Å²) in [4.78, 5) is 72.2. The van der Waals surface area contributed by atoms with E-state index in [1.807, 2.05) is 86.6 Å². The molecule has 10 aromatic rings. The molecule has 18 heteroatoms. The Morgan fingerprint density at radius 3 is 1.19 bits per heavy atom. The summed E-state index contributed by atoms with van der Waals surface area (Å²) in [6.45, 7) is 25.8. The van der Waals surface area contributed by atoms with Gasteiger partial charge in [-0.25, -0.2) is 9.78 Å². The fraction of sp³-hybridized carbons (Fsp3) is 0.288. The summed E-state index contributed by atoms with van der Waals surface area (Å²) in [5.41, 5.74) is 26.8. The molecule has 0 saturated carbocycles. The summed E-state index contributed by atoms with van der Waals surface area (Å²) in [6, 6.07) is 35.2.